The van der Waals surface area contributed by atoms with Crippen LogP contribution in [0.15, 0.2) is 18.2 Å². The van der Waals surface area contributed by atoms with Crippen molar-refractivity contribution in [3.05, 3.63) is 29.3 Å². The number of rotatable bonds is 4. The molecule has 0 aliphatic heterocycles. The molecule has 15 heavy (non-hydrogen) atoms. The molecule has 0 heterocycles. The third-order valence-electron chi connectivity index (χ3n) is 2.95. The van der Waals surface area contributed by atoms with Gasteiger partial charge in [-0.25, -0.2) is 0 Å². The van der Waals surface area contributed by atoms with Gasteiger partial charge in [0.1, 0.15) is 5.75 Å². The molecule has 1 saturated carbocycles. The zero-order valence-electron chi connectivity index (χ0n) is 9.25. The van der Waals surface area contributed by atoms with E-state index < -0.39 is 0 Å². The zero-order valence-corrected chi connectivity index (χ0v) is 9.25. The Morgan fingerprint density at radius 2 is 2.07 bits per heavy atom. The van der Waals surface area contributed by atoms with Gasteiger partial charge in [-0.2, -0.15) is 0 Å². The van der Waals surface area contributed by atoms with E-state index in [9.17, 15) is 0 Å². The van der Waals surface area contributed by atoms with Crippen LogP contribution in [-0.4, -0.2) is 14.2 Å². The highest BCUT2D eigenvalue weighted by Gasteiger charge is 2.40. The van der Waals surface area contributed by atoms with E-state index in [1.54, 1.807) is 14.2 Å². The molecular formula is C12H17NO2. The minimum Gasteiger partial charge on any atom is -0.496 e. The Morgan fingerprint density at radius 3 is 2.60 bits per heavy atom. The van der Waals surface area contributed by atoms with Crippen molar-refractivity contribution in [2.45, 2.75) is 25.0 Å². The van der Waals surface area contributed by atoms with Crippen LogP contribution in [0.3, 0.4) is 0 Å². The number of hydrogen-bond acceptors (Lipinski definition) is 3. The van der Waals surface area contributed by atoms with Crippen molar-refractivity contribution >= 4 is 0 Å². The summed E-state index contributed by atoms with van der Waals surface area (Å²) < 4.78 is 10.4. The summed E-state index contributed by atoms with van der Waals surface area (Å²) >= 11 is 0. The molecule has 1 aliphatic rings. The maximum atomic E-state index is 6.13. The van der Waals surface area contributed by atoms with E-state index in [1.165, 1.54) is 5.56 Å². The van der Waals surface area contributed by atoms with Gasteiger partial charge in [0.15, 0.2) is 0 Å². The molecule has 0 unspecified atom stereocenters. The fourth-order valence-electron chi connectivity index (χ4n) is 1.75. The summed E-state index contributed by atoms with van der Waals surface area (Å²) in [7, 11) is 3.35. The zero-order chi connectivity index (χ0) is 10.9. The first kappa shape index (κ1) is 10.5. The molecular weight excluding hydrogens is 190 g/mol. The SMILES string of the molecule is COCc1ccc(C2(N)CC2)cc1OC. The Kier molecular flexibility index (Phi) is 2.67. The molecule has 0 aromatic heterocycles. The van der Waals surface area contributed by atoms with Crippen LogP contribution in [0.5, 0.6) is 5.75 Å². The van der Waals surface area contributed by atoms with Gasteiger partial charge in [-0.3, -0.25) is 0 Å². The second kappa shape index (κ2) is 3.83. The van der Waals surface area contributed by atoms with E-state index in [2.05, 4.69) is 6.07 Å². The largest absolute Gasteiger partial charge is 0.496 e. The summed E-state index contributed by atoms with van der Waals surface area (Å²) in [6, 6.07) is 6.13. The Balaban J connectivity index is 2.30. The highest BCUT2D eigenvalue weighted by molar-refractivity contribution is 5.41. The highest BCUT2D eigenvalue weighted by atomic mass is 16.5. The van der Waals surface area contributed by atoms with Crippen LogP contribution >= 0.6 is 0 Å². The second-order valence-corrected chi connectivity index (χ2v) is 4.12. The van der Waals surface area contributed by atoms with E-state index in [1.807, 2.05) is 12.1 Å². The van der Waals surface area contributed by atoms with Gasteiger partial charge in [-0.15, -0.1) is 0 Å². The van der Waals surface area contributed by atoms with Gasteiger partial charge in [-0.1, -0.05) is 12.1 Å². The Morgan fingerprint density at radius 1 is 1.33 bits per heavy atom. The lowest BCUT2D eigenvalue weighted by molar-refractivity contribution is 0.181. The minimum atomic E-state index is -0.0983. The fourth-order valence-corrected chi connectivity index (χ4v) is 1.75. The smallest absolute Gasteiger partial charge is 0.124 e. The first-order valence-corrected chi connectivity index (χ1v) is 5.15. The fraction of sp³-hybridized carbons (Fsp3) is 0.500. The van der Waals surface area contributed by atoms with Gasteiger partial charge >= 0.3 is 0 Å². The third-order valence-corrected chi connectivity index (χ3v) is 2.95. The maximum Gasteiger partial charge on any atom is 0.124 e. The van der Waals surface area contributed by atoms with Crippen molar-refractivity contribution in [3.8, 4) is 5.75 Å². The second-order valence-electron chi connectivity index (χ2n) is 4.12. The van der Waals surface area contributed by atoms with Crippen molar-refractivity contribution in [1.82, 2.24) is 0 Å². The Hall–Kier alpha value is -1.06. The standard InChI is InChI=1S/C12H17NO2/c1-14-8-9-3-4-10(7-11(9)15-2)12(13)5-6-12/h3-4,7H,5-6,8,13H2,1-2H3. The van der Waals surface area contributed by atoms with Gasteiger partial charge in [0, 0.05) is 18.2 Å². The van der Waals surface area contributed by atoms with Crippen LogP contribution in [0.1, 0.15) is 24.0 Å². The van der Waals surface area contributed by atoms with Crippen molar-refractivity contribution < 1.29 is 9.47 Å². The summed E-state index contributed by atoms with van der Waals surface area (Å²) in [6.45, 7) is 0.570. The molecule has 2 N–H and O–H groups in total. The Bertz CT molecular complexity index is 359. The van der Waals surface area contributed by atoms with Crippen LogP contribution < -0.4 is 10.5 Å². The molecule has 0 spiro atoms. The molecule has 82 valence electrons. The van der Waals surface area contributed by atoms with Crippen LogP contribution in [-0.2, 0) is 16.9 Å². The summed E-state index contributed by atoms with van der Waals surface area (Å²) in [5, 5.41) is 0. The van der Waals surface area contributed by atoms with Gasteiger partial charge in [-0.05, 0) is 24.5 Å². The van der Waals surface area contributed by atoms with E-state index in [-0.39, 0.29) is 5.54 Å². The lowest BCUT2D eigenvalue weighted by Gasteiger charge is -2.13. The van der Waals surface area contributed by atoms with E-state index in [4.69, 9.17) is 15.2 Å². The average Bonchev–Trinajstić information content (AvgIpc) is 2.99. The average molecular weight is 207 g/mol. The predicted molar refractivity (Wildman–Crippen MR) is 58.8 cm³/mol. The van der Waals surface area contributed by atoms with Crippen LogP contribution in [0.25, 0.3) is 0 Å². The molecule has 1 aromatic carbocycles. The third kappa shape index (κ3) is 1.98. The van der Waals surface area contributed by atoms with Crippen LogP contribution in [0.2, 0.25) is 0 Å². The first-order valence-electron chi connectivity index (χ1n) is 5.15. The molecule has 3 heteroatoms. The molecule has 0 amide bonds. The molecule has 0 atom stereocenters. The summed E-state index contributed by atoms with van der Waals surface area (Å²) in [5.41, 5.74) is 8.26. The minimum absolute atomic E-state index is 0.0983. The normalized spacial score (nSPS) is 17.5. The summed E-state index contributed by atoms with van der Waals surface area (Å²) in [6.07, 6.45) is 2.14. The van der Waals surface area contributed by atoms with Crippen LogP contribution in [0.4, 0.5) is 0 Å². The number of benzene rings is 1. The van der Waals surface area contributed by atoms with Crippen molar-refractivity contribution in [2.75, 3.05) is 14.2 Å². The molecule has 0 radical (unpaired) electrons. The monoisotopic (exact) mass is 207 g/mol. The van der Waals surface area contributed by atoms with Crippen molar-refractivity contribution in [1.29, 1.82) is 0 Å². The van der Waals surface area contributed by atoms with Gasteiger partial charge in [0.2, 0.25) is 0 Å². The maximum absolute atomic E-state index is 6.13. The van der Waals surface area contributed by atoms with Crippen LogP contribution in [0, 0.1) is 0 Å². The molecule has 1 aromatic rings. The van der Waals surface area contributed by atoms with Gasteiger partial charge < -0.3 is 15.2 Å². The summed E-state index contributed by atoms with van der Waals surface area (Å²) in [4.78, 5) is 0. The highest BCUT2D eigenvalue weighted by Crippen LogP contribution is 2.43. The molecule has 1 fully saturated rings. The molecule has 2 rings (SSSR count). The van der Waals surface area contributed by atoms with Gasteiger partial charge in [0.25, 0.3) is 0 Å². The summed E-state index contributed by atoms with van der Waals surface area (Å²) in [5.74, 6) is 0.867. The van der Waals surface area contributed by atoms with E-state index in [0.717, 1.165) is 24.2 Å². The van der Waals surface area contributed by atoms with E-state index >= 15 is 0 Å². The number of hydrogen-bond donors (Lipinski definition) is 1. The molecule has 0 bridgehead atoms. The number of nitrogens with two attached hydrogens (primary N) is 1. The Labute approximate surface area is 90.2 Å². The molecule has 0 saturated heterocycles. The van der Waals surface area contributed by atoms with Gasteiger partial charge in [0.05, 0.1) is 13.7 Å². The molecule has 1 aliphatic carbocycles. The van der Waals surface area contributed by atoms with E-state index in [0.29, 0.717) is 6.61 Å². The van der Waals surface area contributed by atoms with Crippen molar-refractivity contribution in [2.24, 2.45) is 5.73 Å². The van der Waals surface area contributed by atoms with Crippen molar-refractivity contribution in [3.63, 3.8) is 0 Å². The topological polar surface area (TPSA) is 44.5 Å². The lowest BCUT2D eigenvalue weighted by Crippen LogP contribution is -2.18. The number of methoxy groups -OCH3 is 2. The number of ether oxygens (including phenoxy) is 2. The predicted octanol–water partition coefficient (Wildman–Crippen LogP) is 1.79. The lowest BCUT2D eigenvalue weighted by atomic mass is 10.0. The first-order chi connectivity index (χ1) is 7.19. The quantitative estimate of drug-likeness (QED) is 0.818. The molecule has 3 nitrogen and oxygen atoms in total.